The first-order chi connectivity index (χ1) is 13.4. The van der Waals surface area contributed by atoms with E-state index in [1.807, 2.05) is 6.92 Å². The van der Waals surface area contributed by atoms with Crippen LogP contribution in [-0.4, -0.2) is 55.8 Å². The number of hydrogen-bond acceptors (Lipinski definition) is 4. The van der Waals surface area contributed by atoms with Crippen molar-refractivity contribution < 1.29 is 13.2 Å². The van der Waals surface area contributed by atoms with Crippen molar-refractivity contribution in [3.8, 4) is 0 Å². The van der Waals surface area contributed by atoms with Crippen molar-refractivity contribution in [1.29, 1.82) is 0 Å². The lowest BCUT2D eigenvalue weighted by atomic mass is 10.0. The number of piperidine rings is 2. The largest absolute Gasteiger partial charge is 0.325 e. The monoisotopic (exact) mass is 407 g/mol. The van der Waals surface area contributed by atoms with E-state index in [0.717, 1.165) is 45.2 Å². The zero-order valence-corrected chi connectivity index (χ0v) is 17.9. The lowest BCUT2D eigenvalue weighted by molar-refractivity contribution is -0.117. The third-order valence-corrected chi connectivity index (χ3v) is 7.86. The van der Waals surface area contributed by atoms with Gasteiger partial charge in [0.25, 0.3) is 0 Å². The predicted octanol–water partition coefficient (Wildman–Crippen LogP) is 3.31. The number of likely N-dealkylation sites (tertiary alicyclic amines) is 1. The van der Waals surface area contributed by atoms with Crippen molar-refractivity contribution in [2.24, 2.45) is 5.92 Å². The van der Waals surface area contributed by atoms with Gasteiger partial charge in [-0.3, -0.25) is 9.69 Å². The summed E-state index contributed by atoms with van der Waals surface area (Å²) in [5.41, 5.74) is 0.639. The Hall–Kier alpha value is -1.44. The van der Waals surface area contributed by atoms with Gasteiger partial charge in [-0.25, -0.2) is 8.42 Å². The summed E-state index contributed by atoms with van der Waals surface area (Å²) < 4.78 is 27.7. The topological polar surface area (TPSA) is 69.7 Å². The highest BCUT2D eigenvalue weighted by atomic mass is 32.2. The van der Waals surface area contributed by atoms with E-state index in [1.165, 1.54) is 6.42 Å². The van der Waals surface area contributed by atoms with E-state index in [1.54, 1.807) is 28.6 Å². The summed E-state index contributed by atoms with van der Waals surface area (Å²) in [5, 5.41) is 2.89. The van der Waals surface area contributed by atoms with Gasteiger partial charge in [0.15, 0.2) is 0 Å². The van der Waals surface area contributed by atoms with Crippen LogP contribution in [0.3, 0.4) is 0 Å². The van der Waals surface area contributed by atoms with Gasteiger partial charge in [-0.15, -0.1) is 0 Å². The summed E-state index contributed by atoms with van der Waals surface area (Å²) in [6.07, 6.45) is 6.13. The lowest BCUT2D eigenvalue weighted by Crippen LogP contribution is -2.43. The number of amides is 1. The molecule has 0 bridgehead atoms. The molecule has 1 aromatic rings. The van der Waals surface area contributed by atoms with Gasteiger partial charge in [-0.05, 0) is 68.8 Å². The van der Waals surface area contributed by atoms with Crippen LogP contribution in [0.4, 0.5) is 5.69 Å². The minimum atomic E-state index is -3.48. The van der Waals surface area contributed by atoms with Crippen LogP contribution < -0.4 is 5.32 Å². The van der Waals surface area contributed by atoms with E-state index in [2.05, 4.69) is 17.1 Å². The maximum atomic E-state index is 13.0. The smallest absolute Gasteiger partial charge is 0.243 e. The van der Waals surface area contributed by atoms with Crippen molar-refractivity contribution in [2.45, 2.75) is 63.3 Å². The number of nitrogens with zero attached hydrogens (tertiary/aromatic N) is 2. The first-order valence-corrected chi connectivity index (χ1v) is 12.0. The molecule has 156 valence electrons. The average Bonchev–Trinajstić information content (AvgIpc) is 2.68. The van der Waals surface area contributed by atoms with E-state index < -0.39 is 10.0 Å². The molecule has 6 nitrogen and oxygen atoms in total. The van der Waals surface area contributed by atoms with Gasteiger partial charge in [0.05, 0.1) is 11.4 Å². The van der Waals surface area contributed by atoms with Crippen LogP contribution in [0, 0.1) is 5.92 Å². The van der Waals surface area contributed by atoms with E-state index in [-0.39, 0.29) is 11.9 Å². The van der Waals surface area contributed by atoms with Crippen molar-refractivity contribution in [2.75, 3.05) is 31.5 Å². The fourth-order valence-corrected chi connectivity index (χ4v) is 6.15. The molecule has 1 N–H and O–H groups in total. The summed E-state index contributed by atoms with van der Waals surface area (Å²) in [4.78, 5) is 14.8. The summed E-state index contributed by atoms with van der Waals surface area (Å²) in [7, 11) is -3.48. The molecule has 2 fully saturated rings. The first-order valence-electron chi connectivity index (χ1n) is 10.5. The zero-order chi connectivity index (χ0) is 20.1. The van der Waals surface area contributed by atoms with Gasteiger partial charge >= 0.3 is 0 Å². The number of rotatable bonds is 6. The standard InChI is InChI=1S/C21H33N3O3S/c1-3-19-8-4-5-14-24(19)28(26,27)20-11-9-18(10-12-20)22-21(25)16-23-13-6-7-17(2)15-23/h9-12,17,19H,3-8,13-16H2,1-2H3,(H,22,25). The summed E-state index contributed by atoms with van der Waals surface area (Å²) in [5.74, 6) is 0.583. The molecule has 2 aliphatic rings. The molecule has 28 heavy (non-hydrogen) atoms. The van der Waals surface area contributed by atoms with Crippen LogP contribution in [0.25, 0.3) is 0 Å². The Labute approximate surface area is 169 Å². The van der Waals surface area contributed by atoms with Crippen LogP contribution in [0.1, 0.15) is 52.4 Å². The highest BCUT2D eigenvalue weighted by molar-refractivity contribution is 7.89. The number of benzene rings is 1. The van der Waals surface area contributed by atoms with Crippen molar-refractivity contribution in [1.82, 2.24) is 9.21 Å². The van der Waals surface area contributed by atoms with Crippen LogP contribution >= 0.6 is 0 Å². The Morgan fingerprint density at radius 2 is 1.86 bits per heavy atom. The second-order valence-corrected chi connectivity index (χ2v) is 10.1. The fourth-order valence-electron chi connectivity index (χ4n) is 4.38. The van der Waals surface area contributed by atoms with Crippen molar-refractivity contribution in [3.05, 3.63) is 24.3 Å². The molecule has 2 atom stereocenters. The normalized spacial score (nSPS) is 24.8. The molecule has 2 heterocycles. The number of hydrogen-bond donors (Lipinski definition) is 1. The molecule has 2 saturated heterocycles. The van der Waals surface area contributed by atoms with Gasteiger partial charge < -0.3 is 5.32 Å². The highest BCUT2D eigenvalue weighted by Crippen LogP contribution is 2.27. The zero-order valence-electron chi connectivity index (χ0n) is 17.1. The van der Waals surface area contributed by atoms with Gasteiger partial charge in [-0.1, -0.05) is 20.3 Å². The molecule has 0 saturated carbocycles. The van der Waals surface area contributed by atoms with Crippen molar-refractivity contribution >= 4 is 21.6 Å². The minimum Gasteiger partial charge on any atom is -0.325 e. The van der Waals surface area contributed by atoms with Gasteiger partial charge in [-0.2, -0.15) is 4.31 Å². The summed E-state index contributed by atoms with van der Waals surface area (Å²) in [6.45, 7) is 7.15. The summed E-state index contributed by atoms with van der Waals surface area (Å²) >= 11 is 0. The Morgan fingerprint density at radius 1 is 1.11 bits per heavy atom. The van der Waals surface area contributed by atoms with Crippen LogP contribution in [0.2, 0.25) is 0 Å². The van der Waals surface area contributed by atoms with Crippen LogP contribution in [-0.2, 0) is 14.8 Å². The van der Waals surface area contributed by atoms with E-state index in [0.29, 0.717) is 29.6 Å². The quantitative estimate of drug-likeness (QED) is 0.785. The SMILES string of the molecule is CCC1CCCCN1S(=O)(=O)c1ccc(NC(=O)CN2CCCC(C)C2)cc1. The molecule has 0 spiro atoms. The molecule has 2 unspecified atom stereocenters. The molecule has 3 rings (SSSR count). The Kier molecular flexibility index (Phi) is 7.12. The average molecular weight is 408 g/mol. The van der Waals surface area contributed by atoms with E-state index >= 15 is 0 Å². The summed E-state index contributed by atoms with van der Waals surface area (Å²) in [6, 6.07) is 6.68. The third kappa shape index (κ3) is 5.13. The second kappa shape index (κ2) is 9.37. The third-order valence-electron chi connectivity index (χ3n) is 5.90. The Bertz CT molecular complexity index is 764. The lowest BCUT2D eigenvalue weighted by Gasteiger charge is -2.34. The van der Waals surface area contributed by atoms with E-state index in [4.69, 9.17) is 0 Å². The predicted molar refractivity (Wildman–Crippen MR) is 112 cm³/mol. The fraction of sp³-hybridized carbons (Fsp3) is 0.667. The van der Waals surface area contributed by atoms with E-state index in [9.17, 15) is 13.2 Å². The van der Waals surface area contributed by atoms with Crippen LogP contribution in [0.5, 0.6) is 0 Å². The molecule has 0 radical (unpaired) electrons. The van der Waals surface area contributed by atoms with Gasteiger partial charge in [0, 0.05) is 24.8 Å². The van der Waals surface area contributed by atoms with Gasteiger partial charge in [0.1, 0.15) is 0 Å². The number of sulfonamides is 1. The molecular formula is C21H33N3O3S. The maximum absolute atomic E-state index is 13.0. The minimum absolute atomic E-state index is 0.0493. The molecule has 2 aliphatic heterocycles. The highest BCUT2D eigenvalue weighted by Gasteiger charge is 2.32. The van der Waals surface area contributed by atoms with Gasteiger partial charge in [0.2, 0.25) is 15.9 Å². The van der Waals surface area contributed by atoms with Crippen molar-refractivity contribution in [3.63, 3.8) is 0 Å². The Morgan fingerprint density at radius 3 is 2.54 bits per heavy atom. The number of carbonyl (C=O) groups is 1. The number of carbonyl (C=O) groups excluding carboxylic acids is 1. The van der Waals surface area contributed by atoms with Crippen LogP contribution in [0.15, 0.2) is 29.2 Å². The number of anilines is 1. The molecule has 1 amide bonds. The maximum Gasteiger partial charge on any atom is 0.243 e. The number of nitrogens with one attached hydrogen (secondary N) is 1. The molecule has 0 aliphatic carbocycles. The molecular weight excluding hydrogens is 374 g/mol. The Balaban J connectivity index is 1.61. The molecule has 7 heteroatoms. The molecule has 1 aromatic carbocycles. The second-order valence-electron chi connectivity index (χ2n) is 8.23. The first kappa shape index (κ1) is 21.3. The molecule has 0 aromatic heterocycles.